The molecule has 0 spiro atoms. The van der Waals surface area contributed by atoms with E-state index >= 15 is 0 Å². The summed E-state index contributed by atoms with van der Waals surface area (Å²) >= 11 is 1.55. The average molecular weight is 467 g/mol. The molecule has 33 heavy (non-hydrogen) atoms. The number of rotatable bonds is 6. The van der Waals surface area contributed by atoms with E-state index in [1.54, 1.807) is 18.0 Å². The smallest absolute Gasteiger partial charge is 0.256 e. The van der Waals surface area contributed by atoms with Crippen LogP contribution in [-0.2, 0) is 12.3 Å². The second kappa shape index (κ2) is 9.44. The van der Waals surface area contributed by atoms with Crippen LogP contribution in [0.2, 0.25) is 0 Å². The molecular formula is C24H26N4O4S. The SMILES string of the molecule is Cc1noc(C)c1CSc1ncccc1C(=O)N1CCN(Cc2ccc3c(c2)OCO3)CC1. The molecule has 1 aromatic carbocycles. The first-order valence-electron chi connectivity index (χ1n) is 11.0. The van der Waals surface area contributed by atoms with Crippen molar-refractivity contribution in [1.29, 1.82) is 0 Å². The largest absolute Gasteiger partial charge is 0.454 e. The van der Waals surface area contributed by atoms with Crippen molar-refractivity contribution in [2.24, 2.45) is 0 Å². The van der Waals surface area contributed by atoms with E-state index in [1.807, 2.05) is 43.0 Å². The summed E-state index contributed by atoms with van der Waals surface area (Å²) in [7, 11) is 0. The predicted octanol–water partition coefficient (Wildman–Crippen LogP) is 3.67. The zero-order valence-corrected chi connectivity index (χ0v) is 19.6. The molecule has 1 saturated heterocycles. The van der Waals surface area contributed by atoms with E-state index in [0.29, 0.717) is 24.4 Å². The first kappa shape index (κ1) is 21.8. The molecule has 0 saturated carbocycles. The Morgan fingerprint density at radius 1 is 1.09 bits per heavy atom. The van der Waals surface area contributed by atoms with E-state index in [-0.39, 0.29) is 12.7 Å². The van der Waals surface area contributed by atoms with Crippen LogP contribution in [0.3, 0.4) is 0 Å². The molecule has 0 N–H and O–H groups in total. The van der Waals surface area contributed by atoms with Crippen molar-refractivity contribution in [3.63, 3.8) is 0 Å². The number of thioether (sulfide) groups is 1. The van der Waals surface area contributed by atoms with E-state index in [2.05, 4.69) is 21.1 Å². The van der Waals surface area contributed by atoms with Crippen LogP contribution in [0.1, 0.15) is 32.9 Å². The van der Waals surface area contributed by atoms with Gasteiger partial charge in [-0.2, -0.15) is 0 Å². The molecule has 2 aliphatic rings. The number of fused-ring (bicyclic) bond motifs is 1. The molecule has 3 aromatic rings. The standard InChI is InChI=1S/C24H26N4O4S/c1-16-20(17(2)32-26-16)14-33-23-19(4-3-7-25-23)24(29)28-10-8-27(9-11-28)13-18-5-6-21-22(12-18)31-15-30-21/h3-7,12H,8-11,13-15H2,1-2H3. The van der Waals surface area contributed by atoms with Crippen molar-refractivity contribution < 1.29 is 18.8 Å². The third-order valence-corrected chi connectivity index (χ3v) is 7.07. The van der Waals surface area contributed by atoms with Gasteiger partial charge in [-0.15, -0.1) is 11.8 Å². The van der Waals surface area contributed by atoms with Gasteiger partial charge in [0, 0.05) is 50.2 Å². The Balaban J connectivity index is 1.20. The van der Waals surface area contributed by atoms with Gasteiger partial charge in [-0.3, -0.25) is 9.69 Å². The van der Waals surface area contributed by atoms with Crippen LogP contribution >= 0.6 is 11.8 Å². The van der Waals surface area contributed by atoms with E-state index in [0.717, 1.165) is 53.2 Å². The van der Waals surface area contributed by atoms with Gasteiger partial charge in [0.15, 0.2) is 11.5 Å². The lowest BCUT2D eigenvalue weighted by molar-refractivity contribution is 0.0624. The summed E-state index contributed by atoms with van der Waals surface area (Å²) in [6.07, 6.45) is 1.73. The fourth-order valence-electron chi connectivity index (χ4n) is 4.09. The minimum Gasteiger partial charge on any atom is -0.454 e. The lowest BCUT2D eigenvalue weighted by atomic mass is 10.1. The Labute approximate surface area is 196 Å². The maximum Gasteiger partial charge on any atom is 0.256 e. The van der Waals surface area contributed by atoms with E-state index < -0.39 is 0 Å². The molecule has 0 atom stereocenters. The Morgan fingerprint density at radius 3 is 2.70 bits per heavy atom. The molecule has 4 heterocycles. The average Bonchev–Trinajstić information content (AvgIpc) is 3.43. The summed E-state index contributed by atoms with van der Waals surface area (Å²) in [5.41, 5.74) is 3.77. The van der Waals surface area contributed by atoms with Crippen LogP contribution in [0.4, 0.5) is 0 Å². The fourth-order valence-corrected chi connectivity index (χ4v) is 5.23. The van der Waals surface area contributed by atoms with Gasteiger partial charge in [0.25, 0.3) is 5.91 Å². The molecule has 0 aliphatic carbocycles. The number of benzene rings is 1. The molecule has 1 amide bonds. The summed E-state index contributed by atoms with van der Waals surface area (Å²) in [6, 6.07) is 9.76. The van der Waals surface area contributed by atoms with Crippen molar-refractivity contribution in [2.45, 2.75) is 31.2 Å². The number of aryl methyl sites for hydroxylation is 2. The molecule has 2 aliphatic heterocycles. The molecule has 1 fully saturated rings. The minimum atomic E-state index is 0.0343. The number of piperazine rings is 1. The first-order valence-corrected chi connectivity index (χ1v) is 12.0. The van der Waals surface area contributed by atoms with Crippen molar-refractivity contribution >= 4 is 17.7 Å². The van der Waals surface area contributed by atoms with Crippen molar-refractivity contribution in [1.82, 2.24) is 19.9 Å². The van der Waals surface area contributed by atoms with Gasteiger partial charge in [0.05, 0.1) is 11.3 Å². The van der Waals surface area contributed by atoms with Gasteiger partial charge in [-0.05, 0) is 43.7 Å². The van der Waals surface area contributed by atoms with Crippen LogP contribution in [0.15, 0.2) is 46.1 Å². The van der Waals surface area contributed by atoms with Crippen LogP contribution < -0.4 is 9.47 Å². The zero-order chi connectivity index (χ0) is 22.8. The number of hydrogen-bond acceptors (Lipinski definition) is 8. The number of aromatic nitrogens is 2. The Hall–Kier alpha value is -3.04. The van der Waals surface area contributed by atoms with Crippen LogP contribution in [-0.4, -0.2) is 58.8 Å². The van der Waals surface area contributed by atoms with E-state index in [1.165, 1.54) is 5.56 Å². The highest BCUT2D eigenvalue weighted by molar-refractivity contribution is 7.98. The predicted molar refractivity (Wildman–Crippen MR) is 124 cm³/mol. The second-order valence-corrected chi connectivity index (χ2v) is 9.17. The lowest BCUT2D eigenvalue weighted by Gasteiger charge is -2.35. The summed E-state index contributed by atoms with van der Waals surface area (Å²) < 4.78 is 16.1. The number of ether oxygens (including phenoxy) is 2. The summed E-state index contributed by atoms with van der Waals surface area (Å²) in [4.78, 5) is 22.1. The van der Waals surface area contributed by atoms with Crippen molar-refractivity contribution in [2.75, 3.05) is 33.0 Å². The Kier molecular flexibility index (Phi) is 6.24. The quantitative estimate of drug-likeness (QED) is 0.509. The molecule has 0 bridgehead atoms. The monoisotopic (exact) mass is 466 g/mol. The van der Waals surface area contributed by atoms with Gasteiger partial charge in [0.1, 0.15) is 10.8 Å². The summed E-state index contributed by atoms with van der Waals surface area (Å²) in [6.45, 7) is 7.96. The Bertz CT molecular complexity index is 1140. The van der Waals surface area contributed by atoms with E-state index in [9.17, 15) is 4.79 Å². The van der Waals surface area contributed by atoms with Gasteiger partial charge in [-0.25, -0.2) is 4.98 Å². The number of hydrogen-bond donors (Lipinski definition) is 0. The fraction of sp³-hybridized carbons (Fsp3) is 0.375. The molecule has 8 nitrogen and oxygen atoms in total. The zero-order valence-electron chi connectivity index (χ0n) is 18.7. The Morgan fingerprint density at radius 2 is 1.91 bits per heavy atom. The normalized spacial score (nSPS) is 15.8. The number of amides is 1. The molecule has 0 radical (unpaired) electrons. The highest BCUT2D eigenvalue weighted by Gasteiger charge is 2.25. The van der Waals surface area contributed by atoms with Gasteiger partial charge in [0.2, 0.25) is 6.79 Å². The highest BCUT2D eigenvalue weighted by atomic mass is 32.2. The van der Waals surface area contributed by atoms with Crippen molar-refractivity contribution in [3.8, 4) is 11.5 Å². The third kappa shape index (κ3) is 4.69. The van der Waals surface area contributed by atoms with Crippen LogP contribution in [0, 0.1) is 13.8 Å². The van der Waals surface area contributed by atoms with Gasteiger partial charge in [-0.1, -0.05) is 11.2 Å². The molecule has 172 valence electrons. The maximum atomic E-state index is 13.3. The van der Waals surface area contributed by atoms with Crippen molar-refractivity contribution in [3.05, 3.63) is 64.7 Å². The molecular weight excluding hydrogens is 440 g/mol. The van der Waals surface area contributed by atoms with Gasteiger partial charge < -0.3 is 18.9 Å². The number of nitrogens with zero attached hydrogens (tertiary/aromatic N) is 4. The summed E-state index contributed by atoms with van der Waals surface area (Å²) in [5.74, 6) is 3.12. The lowest BCUT2D eigenvalue weighted by Crippen LogP contribution is -2.48. The van der Waals surface area contributed by atoms with E-state index in [4.69, 9.17) is 14.0 Å². The summed E-state index contributed by atoms with van der Waals surface area (Å²) in [5, 5.41) is 4.75. The number of carbonyl (C=O) groups excluding carboxylic acids is 1. The third-order valence-electron chi connectivity index (χ3n) is 6.04. The van der Waals surface area contributed by atoms with Gasteiger partial charge >= 0.3 is 0 Å². The minimum absolute atomic E-state index is 0.0343. The van der Waals surface area contributed by atoms with Crippen LogP contribution in [0.25, 0.3) is 0 Å². The number of carbonyl (C=O) groups is 1. The number of pyridine rings is 1. The first-order chi connectivity index (χ1) is 16.1. The second-order valence-electron chi connectivity index (χ2n) is 8.20. The molecule has 9 heteroatoms. The topological polar surface area (TPSA) is 80.9 Å². The van der Waals surface area contributed by atoms with Crippen LogP contribution in [0.5, 0.6) is 11.5 Å². The molecule has 2 aromatic heterocycles. The highest BCUT2D eigenvalue weighted by Crippen LogP contribution is 2.33. The molecule has 5 rings (SSSR count). The maximum absolute atomic E-state index is 13.3. The molecule has 0 unspecified atom stereocenters.